The van der Waals surface area contributed by atoms with E-state index in [-0.39, 0.29) is 5.92 Å². The van der Waals surface area contributed by atoms with Crippen LogP contribution >= 0.6 is 11.3 Å². The van der Waals surface area contributed by atoms with E-state index in [0.29, 0.717) is 0 Å². The Morgan fingerprint density at radius 2 is 2.11 bits per heavy atom. The molecular weight excluding hydrogens is 271 g/mol. The highest BCUT2D eigenvalue weighted by Crippen LogP contribution is 2.31. The van der Waals surface area contributed by atoms with Gasteiger partial charge in [0.15, 0.2) is 0 Å². The fourth-order valence-electron chi connectivity index (χ4n) is 1.99. The fourth-order valence-corrected chi connectivity index (χ4v) is 2.98. The van der Waals surface area contributed by atoms with E-state index < -0.39 is 29.0 Å². The van der Waals surface area contributed by atoms with Crippen molar-refractivity contribution in [1.82, 2.24) is 9.55 Å². The Hall–Kier alpha value is -1.89. The Bertz CT molecular complexity index is 688. The molecule has 2 heterocycles. The lowest BCUT2D eigenvalue weighted by atomic mass is 10.0. The highest BCUT2D eigenvalue weighted by atomic mass is 32.1. The molecule has 1 unspecified atom stereocenters. The average Bonchev–Trinajstić information content (AvgIpc) is 2.84. The largest absolute Gasteiger partial charge is 0.492 e. The fraction of sp³-hybridized carbons (Fsp3) is 0.333. The third-order valence-electron chi connectivity index (χ3n) is 2.81. The molecule has 0 aliphatic rings. The first-order valence-electron chi connectivity index (χ1n) is 5.70. The molecule has 2 aromatic heterocycles. The molecule has 0 saturated heterocycles. The summed E-state index contributed by atoms with van der Waals surface area (Å²) in [7, 11) is 0. The van der Waals surface area contributed by atoms with Gasteiger partial charge < -0.3 is 5.11 Å². The number of nitrogens with zero attached hydrogens (tertiary/aromatic N) is 1. The van der Waals surface area contributed by atoms with Gasteiger partial charge in [0.2, 0.25) is 11.7 Å². The Labute approximate surface area is 112 Å². The number of rotatable bonds is 3. The normalized spacial score (nSPS) is 12.8. The average molecular weight is 284 g/mol. The summed E-state index contributed by atoms with van der Waals surface area (Å²) in [4.78, 5) is 25.6. The van der Waals surface area contributed by atoms with Crippen LogP contribution in [0.4, 0.5) is 4.39 Å². The van der Waals surface area contributed by atoms with Gasteiger partial charge in [0.05, 0.1) is 6.04 Å². The number of hydrogen-bond acceptors (Lipinski definition) is 4. The molecule has 0 spiro atoms. The molecule has 102 valence electrons. The van der Waals surface area contributed by atoms with Gasteiger partial charge in [-0.1, -0.05) is 19.9 Å². The Kier molecular flexibility index (Phi) is 3.57. The van der Waals surface area contributed by atoms with Gasteiger partial charge in [-0.15, -0.1) is 11.3 Å². The van der Waals surface area contributed by atoms with E-state index >= 15 is 0 Å². The summed E-state index contributed by atoms with van der Waals surface area (Å²) in [5.41, 5.74) is -2.04. The van der Waals surface area contributed by atoms with E-state index in [0.717, 1.165) is 9.44 Å². The maximum Gasteiger partial charge on any atom is 0.331 e. The summed E-state index contributed by atoms with van der Waals surface area (Å²) in [5, 5.41) is 11.6. The van der Waals surface area contributed by atoms with Crippen molar-refractivity contribution in [2.75, 3.05) is 0 Å². The van der Waals surface area contributed by atoms with E-state index in [4.69, 9.17) is 0 Å². The van der Waals surface area contributed by atoms with Gasteiger partial charge in [0, 0.05) is 4.88 Å². The minimum absolute atomic E-state index is 0.0625. The molecule has 0 bridgehead atoms. The van der Waals surface area contributed by atoms with Gasteiger partial charge in [-0.05, 0) is 17.4 Å². The molecule has 7 heteroatoms. The number of nitrogens with one attached hydrogen (secondary N) is 1. The second-order valence-electron chi connectivity index (χ2n) is 4.47. The highest BCUT2D eigenvalue weighted by molar-refractivity contribution is 7.10. The van der Waals surface area contributed by atoms with E-state index in [9.17, 15) is 19.1 Å². The van der Waals surface area contributed by atoms with Crippen LogP contribution in [-0.2, 0) is 0 Å². The van der Waals surface area contributed by atoms with E-state index in [1.807, 2.05) is 24.2 Å². The number of aromatic hydroxyl groups is 1. The second-order valence-corrected chi connectivity index (χ2v) is 5.45. The lowest BCUT2D eigenvalue weighted by Crippen LogP contribution is -2.36. The van der Waals surface area contributed by atoms with Crippen molar-refractivity contribution in [1.29, 1.82) is 0 Å². The number of hydrogen-bond donors (Lipinski definition) is 2. The van der Waals surface area contributed by atoms with Crippen LogP contribution in [0.15, 0.2) is 27.1 Å². The van der Waals surface area contributed by atoms with Gasteiger partial charge in [-0.25, -0.2) is 4.79 Å². The molecular formula is C12H13FN2O3S. The van der Waals surface area contributed by atoms with Crippen molar-refractivity contribution in [3.05, 3.63) is 49.0 Å². The van der Waals surface area contributed by atoms with Crippen LogP contribution in [0.25, 0.3) is 0 Å². The predicted octanol–water partition coefficient (Wildman–Crippen LogP) is 1.69. The van der Waals surface area contributed by atoms with E-state index in [1.165, 1.54) is 11.3 Å². The zero-order valence-corrected chi connectivity index (χ0v) is 11.2. The maximum atomic E-state index is 13.5. The SMILES string of the molecule is CC(C)C(c1cccs1)n1c(O)c(F)c(=O)[nH]c1=O. The summed E-state index contributed by atoms with van der Waals surface area (Å²) in [6.45, 7) is 3.69. The molecule has 0 aromatic carbocycles. The number of halogens is 1. The van der Waals surface area contributed by atoms with Gasteiger partial charge in [0.1, 0.15) is 0 Å². The molecule has 0 aliphatic carbocycles. The number of thiophene rings is 1. The van der Waals surface area contributed by atoms with Gasteiger partial charge in [0.25, 0.3) is 5.56 Å². The summed E-state index contributed by atoms with van der Waals surface area (Å²) in [6.07, 6.45) is 0. The Morgan fingerprint density at radius 1 is 1.42 bits per heavy atom. The first-order chi connectivity index (χ1) is 8.93. The van der Waals surface area contributed by atoms with Crippen LogP contribution in [0.5, 0.6) is 5.88 Å². The third-order valence-corrected chi connectivity index (χ3v) is 3.75. The van der Waals surface area contributed by atoms with E-state index in [2.05, 4.69) is 0 Å². The summed E-state index contributed by atoms with van der Waals surface area (Å²) >= 11 is 1.40. The minimum atomic E-state index is -1.35. The van der Waals surface area contributed by atoms with Crippen molar-refractivity contribution in [2.24, 2.45) is 5.92 Å². The molecule has 0 amide bonds. The van der Waals surface area contributed by atoms with Gasteiger partial charge >= 0.3 is 5.69 Å². The van der Waals surface area contributed by atoms with E-state index in [1.54, 1.807) is 12.1 Å². The van der Waals surface area contributed by atoms with Crippen LogP contribution in [0, 0.1) is 11.7 Å². The smallest absolute Gasteiger partial charge is 0.331 e. The quantitative estimate of drug-likeness (QED) is 0.900. The van der Waals surface area contributed by atoms with Crippen molar-refractivity contribution in [2.45, 2.75) is 19.9 Å². The highest BCUT2D eigenvalue weighted by Gasteiger charge is 2.25. The van der Waals surface area contributed by atoms with Crippen molar-refractivity contribution in [3.63, 3.8) is 0 Å². The van der Waals surface area contributed by atoms with Crippen molar-refractivity contribution < 1.29 is 9.50 Å². The lowest BCUT2D eigenvalue weighted by molar-refractivity contribution is 0.318. The zero-order valence-electron chi connectivity index (χ0n) is 10.4. The molecule has 0 radical (unpaired) electrons. The van der Waals surface area contributed by atoms with Crippen LogP contribution in [0.2, 0.25) is 0 Å². The van der Waals surface area contributed by atoms with Crippen LogP contribution in [0.1, 0.15) is 24.8 Å². The topological polar surface area (TPSA) is 75.1 Å². The van der Waals surface area contributed by atoms with Crippen molar-refractivity contribution >= 4 is 11.3 Å². The lowest BCUT2D eigenvalue weighted by Gasteiger charge is -2.22. The third kappa shape index (κ3) is 2.33. The Balaban J connectivity index is 2.72. The van der Waals surface area contributed by atoms with Crippen molar-refractivity contribution in [3.8, 4) is 5.88 Å². The molecule has 2 N–H and O–H groups in total. The van der Waals surface area contributed by atoms with Gasteiger partial charge in [-0.2, -0.15) is 4.39 Å². The standard InChI is InChI=1S/C12H13FN2O3S/c1-6(2)9(7-4-3-5-19-7)15-11(17)8(13)10(16)14-12(15)18/h3-6,9,17H,1-2H3,(H,14,16,18). The minimum Gasteiger partial charge on any atom is -0.492 e. The number of aromatic nitrogens is 2. The first-order valence-corrected chi connectivity index (χ1v) is 6.58. The molecule has 0 fully saturated rings. The molecule has 2 aromatic rings. The Morgan fingerprint density at radius 3 is 2.63 bits per heavy atom. The predicted molar refractivity (Wildman–Crippen MR) is 70.2 cm³/mol. The molecule has 2 rings (SSSR count). The molecule has 19 heavy (non-hydrogen) atoms. The number of aromatic amines is 1. The summed E-state index contributed by atoms with van der Waals surface area (Å²) < 4.78 is 14.4. The summed E-state index contributed by atoms with van der Waals surface area (Å²) in [6, 6.07) is 3.07. The van der Waals surface area contributed by atoms with Crippen LogP contribution in [-0.4, -0.2) is 14.7 Å². The molecule has 0 saturated carbocycles. The number of H-pyrrole nitrogens is 1. The first kappa shape index (κ1) is 13.5. The van der Waals surface area contributed by atoms with Crippen LogP contribution in [0.3, 0.4) is 0 Å². The summed E-state index contributed by atoms with van der Waals surface area (Å²) in [5.74, 6) is -2.34. The maximum absolute atomic E-state index is 13.5. The zero-order chi connectivity index (χ0) is 14.2. The van der Waals surface area contributed by atoms with Crippen LogP contribution < -0.4 is 11.2 Å². The molecule has 0 aliphatic heterocycles. The molecule has 5 nitrogen and oxygen atoms in total. The van der Waals surface area contributed by atoms with Gasteiger partial charge in [-0.3, -0.25) is 14.3 Å². The monoisotopic (exact) mass is 284 g/mol. The molecule has 1 atom stereocenters. The second kappa shape index (κ2) is 5.00.